The van der Waals surface area contributed by atoms with Gasteiger partial charge in [0.2, 0.25) is 0 Å². The lowest BCUT2D eigenvalue weighted by molar-refractivity contribution is 0.0640. The van der Waals surface area contributed by atoms with E-state index < -0.39 is 23.7 Å². The van der Waals surface area contributed by atoms with Crippen molar-refractivity contribution in [2.24, 2.45) is 5.73 Å². The van der Waals surface area contributed by atoms with Crippen molar-refractivity contribution in [3.05, 3.63) is 59.0 Å². The van der Waals surface area contributed by atoms with Gasteiger partial charge in [-0.15, -0.1) is 0 Å². The number of primary amides is 1. The van der Waals surface area contributed by atoms with Crippen LogP contribution >= 0.6 is 0 Å². The van der Waals surface area contributed by atoms with Gasteiger partial charge in [0.25, 0.3) is 0 Å². The van der Waals surface area contributed by atoms with Crippen molar-refractivity contribution in [1.29, 1.82) is 0 Å². The fourth-order valence-electron chi connectivity index (χ4n) is 3.56. The van der Waals surface area contributed by atoms with Gasteiger partial charge >= 0.3 is 12.1 Å². The van der Waals surface area contributed by atoms with Crippen LogP contribution in [-0.2, 0) is 4.74 Å². The number of rotatable bonds is 4. The second-order valence-electron chi connectivity index (χ2n) is 6.89. The quantitative estimate of drug-likeness (QED) is 0.353. The number of esters is 1. The Bertz CT molecular complexity index is 1370. The molecule has 0 aliphatic carbocycles. The molecule has 0 bridgehead atoms. The topological polar surface area (TPSA) is 118 Å². The zero-order valence-corrected chi connectivity index (χ0v) is 17.1. The van der Waals surface area contributed by atoms with Crippen LogP contribution in [0.5, 0.6) is 5.75 Å². The number of fused-ring (bicyclic) bond motifs is 1. The molecule has 2 heterocycles. The van der Waals surface area contributed by atoms with E-state index in [1.54, 1.807) is 19.9 Å². The third-order valence-corrected chi connectivity index (χ3v) is 4.89. The molecule has 2 aromatic carbocycles. The molecule has 8 nitrogen and oxygen atoms in total. The van der Waals surface area contributed by atoms with Crippen LogP contribution in [0.15, 0.2) is 39.3 Å². The zero-order valence-electron chi connectivity index (χ0n) is 17.1. The van der Waals surface area contributed by atoms with Crippen LogP contribution in [-0.4, -0.2) is 24.3 Å². The van der Waals surface area contributed by atoms with E-state index in [1.807, 2.05) is 0 Å². The first kappa shape index (κ1) is 21.0. The predicted octanol–water partition coefficient (Wildman–Crippen LogP) is 4.89. The molecule has 0 spiro atoms. The van der Waals surface area contributed by atoms with Crippen LogP contribution in [0.2, 0.25) is 0 Å². The molecular weight excluding hydrogens is 426 g/mol. The maximum atomic E-state index is 14.5. The summed E-state index contributed by atoms with van der Waals surface area (Å²) < 4.78 is 49.0. The Morgan fingerprint density at radius 3 is 2.44 bits per heavy atom. The Balaban J connectivity index is 2.05. The highest BCUT2D eigenvalue weighted by molar-refractivity contribution is 6.12. The largest absolute Gasteiger partial charge is 0.496 e. The van der Waals surface area contributed by atoms with Gasteiger partial charge in [0.15, 0.2) is 5.76 Å². The second-order valence-corrected chi connectivity index (χ2v) is 6.89. The summed E-state index contributed by atoms with van der Waals surface area (Å²) in [4.78, 5) is 23.9. The lowest BCUT2D eigenvalue weighted by Crippen LogP contribution is -2.18. The van der Waals surface area contributed by atoms with Crippen molar-refractivity contribution in [3.63, 3.8) is 0 Å². The van der Waals surface area contributed by atoms with Crippen LogP contribution in [0.4, 0.5) is 13.6 Å². The fourth-order valence-corrected chi connectivity index (χ4v) is 3.56. The van der Waals surface area contributed by atoms with Gasteiger partial charge in [-0.25, -0.2) is 18.4 Å². The van der Waals surface area contributed by atoms with Gasteiger partial charge in [-0.2, -0.15) is 0 Å². The van der Waals surface area contributed by atoms with Gasteiger partial charge < -0.3 is 24.1 Å². The Hall–Kier alpha value is -4.21. The van der Waals surface area contributed by atoms with E-state index >= 15 is 0 Å². The molecule has 4 rings (SSSR count). The minimum atomic E-state index is -1.35. The highest BCUT2D eigenvalue weighted by atomic mass is 19.1. The number of aromatic nitrogens is 1. The van der Waals surface area contributed by atoms with Crippen molar-refractivity contribution < 1.29 is 36.8 Å². The van der Waals surface area contributed by atoms with Crippen LogP contribution in [0.25, 0.3) is 33.4 Å². The van der Waals surface area contributed by atoms with Gasteiger partial charge in [0.1, 0.15) is 34.3 Å². The normalized spacial score (nSPS) is 11.0. The smallest absolute Gasteiger partial charge is 0.412 e. The summed E-state index contributed by atoms with van der Waals surface area (Å²) in [6, 6.07) is 5.79. The number of methoxy groups -OCH3 is 1. The van der Waals surface area contributed by atoms with Crippen LogP contribution in [0, 0.1) is 25.5 Å². The molecule has 4 aromatic rings. The Kier molecular flexibility index (Phi) is 5.13. The molecule has 2 N–H and O–H groups in total. The maximum absolute atomic E-state index is 14.5. The summed E-state index contributed by atoms with van der Waals surface area (Å²) in [5.41, 5.74) is 6.43. The van der Waals surface area contributed by atoms with E-state index in [9.17, 15) is 18.4 Å². The summed E-state index contributed by atoms with van der Waals surface area (Å²) in [6.07, 6.45) is -1.35. The number of aryl methyl sites for hydroxylation is 2. The monoisotopic (exact) mass is 442 g/mol. The maximum Gasteiger partial charge on any atom is 0.412 e. The molecule has 0 fully saturated rings. The van der Waals surface area contributed by atoms with Crippen LogP contribution in [0.3, 0.4) is 0 Å². The van der Waals surface area contributed by atoms with Crippen molar-refractivity contribution in [3.8, 4) is 28.2 Å². The number of halogens is 2. The van der Waals surface area contributed by atoms with Crippen LogP contribution < -0.4 is 10.5 Å². The predicted molar refractivity (Wildman–Crippen MR) is 108 cm³/mol. The second kappa shape index (κ2) is 7.80. The van der Waals surface area contributed by atoms with Crippen molar-refractivity contribution in [2.75, 3.05) is 7.11 Å². The molecule has 0 aliphatic heterocycles. The molecular formula is C22H16F2N2O6. The number of nitrogens with two attached hydrogens (primary N) is 1. The number of hydrogen-bond donors (Lipinski definition) is 1. The summed E-state index contributed by atoms with van der Waals surface area (Å²) in [5, 5.41) is 4.10. The summed E-state index contributed by atoms with van der Waals surface area (Å²) >= 11 is 0. The van der Waals surface area contributed by atoms with E-state index in [1.165, 1.54) is 13.2 Å². The molecule has 2 aromatic heterocycles. The van der Waals surface area contributed by atoms with Gasteiger partial charge in [-0.1, -0.05) is 5.16 Å². The molecule has 0 aliphatic rings. The molecule has 164 valence electrons. The summed E-state index contributed by atoms with van der Waals surface area (Å²) in [7, 11) is 1.42. The van der Waals surface area contributed by atoms with Gasteiger partial charge in [0, 0.05) is 17.0 Å². The molecule has 0 unspecified atom stereocenters. The standard InChI is InChI=1S/C22H16F2N2O6/c1-9-18(10(2)32-26-9)13-8-17-14(7-16(13)29-3)19(21(27)31-22(25)28)20(30-17)12-5-4-11(23)6-15(12)24/h4-8H,1-3H3,(H2,25,28). The van der Waals surface area contributed by atoms with Crippen molar-refractivity contribution >= 4 is 23.0 Å². The average molecular weight is 442 g/mol. The first-order chi connectivity index (χ1) is 15.2. The number of benzene rings is 2. The van der Waals surface area contributed by atoms with E-state index in [0.717, 1.165) is 12.1 Å². The minimum Gasteiger partial charge on any atom is -0.496 e. The highest BCUT2D eigenvalue weighted by Crippen LogP contribution is 2.42. The Labute approximate surface area is 179 Å². The number of amides is 1. The number of carbonyl (C=O) groups is 2. The average Bonchev–Trinajstić information content (AvgIpc) is 3.25. The molecule has 32 heavy (non-hydrogen) atoms. The Morgan fingerprint density at radius 1 is 1.09 bits per heavy atom. The van der Waals surface area contributed by atoms with E-state index in [4.69, 9.17) is 19.4 Å². The number of hydrogen-bond acceptors (Lipinski definition) is 7. The number of carbonyl (C=O) groups excluding carboxylic acids is 2. The van der Waals surface area contributed by atoms with Gasteiger partial charge in [-0.05, 0) is 38.1 Å². The number of ether oxygens (including phenoxy) is 2. The Morgan fingerprint density at radius 2 is 1.84 bits per heavy atom. The van der Waals surface area contributed by atoms with E-state index in [2.05, 4.69) is 9.89 Å². The first-order valence-corrected chi connectivity index (χ1v) is 9.26. The van der Waals surface area contributed by atoms with E-state index in [-0.39, 0.29) is 27.9 Å². The third-order valence-electron chi connectivity index (χ3n) is 4.89. The lowest BCUT2D eigenvalue weighted by atomic mass is 9.99. The van der Waals surface area contributed by atoms with Crippen molar-refractivity contribution in [2.45, 2.75) is 13.8 Å². The van der Waals surface area contributed by atoms with Crippen LogP contribution in [0.1, 0.15) is 21.8 Å². The first-order valence-electron chi connectivity index (χ1n) is 9.26. The molecule has 0 atom stereocenters. The summed E-state index contributed by atoms with van der Waals surface area (Å²) in [6.45, 7) is 3.46. The number of nitrogens with zero attached hydrogens (tertiary/aromatic N) is 1. The third kappa shape index (κ3) is 3.45. The van der Waals surface area contributed by atoms with E-state index in [0.29, 0.717) is 34.4 Å². The zero-order chi connectivity index (χ0) is 23.2. The van der Waals surface area contributed by atoms with Gasteiger partial charge in [-0.3, -0.25) is 0 Å². The minimum absolute atomic E-state index is 0.149. The molecule has 0 saturated heterocycles. The van der Waals surface area contributed by atoms with Gasteiger partial charge in [0.05, 0.1) is 23.9 Å². The summed E-state index contributed by atoms with van der Waals surface area (Å²) in [5.74, 6) is -2.37. The molecule has 10 heteroatoms. The molecule has 0 radical (unpaired) electrons. The highest BCUT2D eigenvalue weighted by Gasteiger charge is 2.29. The molecule has 1 amide bonds. The number of furan rings is 1. The fraction of sp³-hybridized carbons (Fsp3) is 0.136. The van der Waals surface area contributed by atoms with Crippen molar-refractivity contribution in [1.82, 2.24) is 5.16 Å². The SMILES string of the molecule is COc1cc2c(C(=O)OC(N)=O)c(-c3ccc(F)cc3F)oc2cc1-c1c(C)noc1C. The molecule has 0 saturated carbocycles. The lowest BCUT2D eigenvalue weighted by Gasteiger charge is -2.08.